The highest BCUT2D eigenvalue weighted by molar-refractivity contribution is 7.90. The smallest absolute Gasteiger partial charge is 0.269 e. The molecule has 0 unspecified atom stereocenters. The molecule has 4 saturated heterocycles. The Kier molecular flexibility index (Phi) is 19.0. The zero-order valence-corrected chi connectivity index (χ0v) is 47.5. The third kappa shape index (κ3) is 12.9. The molecule has 454 valence electrons. The molecule has 2 spiro atoms. The van der Waals surface area contributed by atoms with Gasteiger partial charge in [0.1, 0.15) is 0 Å². The van der Waals surface area contributed by atoms with Gasteiger partial charge in [-0.15, -0.1) is 0 Å². The molecule has 2 aliphatic carbocycles. The summed E-state index contributed by atoms with van der Waals surface area (Å²) >= 11 is 0. The van der Waals surface area contributed by atoms with Crippen LogP contribution in [0.5, 0.6) is 0 Å². The Hall–Kier alpha value is -6.44. The summed E-state index contributed by atoms with van der Waals surface area (Å²) in [6, 6.07) is 21.2. The number of benzene rings is 2. The molecule has 6 aliphatic rings. The fraction of sp³-hybridized carbons (Fsp3) is 0.460. The molecule has 0 radical (unpaired) electrons. The van der Waals surface area contributed by atoms with E-state index in [0.29, 0.717) is 50.1 Å². The van der Waals surface area contributed by atoms with Crippen molar-refractivity contribution in [2.45, 2.75) is 108 Å². The van der Waals surface area contributed by atoms with E-state index >= 15 is 0 Å². The van der Waals surface area contributed by atoms with Crippen LogP contribution in [0.15, 0.2) is 138 Å². The molecule has 0 bridgehead atoms. The number of morpholine rings is 2. The third-order valence-corrected chi connectivity index (χ3v) is 20.2. The molecule has 20 nitrogen and oxygen atoms in total. The van der Waals surface area contributed by atoms with Crippen LogP contribution in [0.4, 0.5) is 0 Å². The number of pyridine rings is 2. The molecular weight excluding hydrogens is 1120 g/mol. The van der Waals surface area contributed by atoms with Gasteiger partial charge in [0.15, 0.2) is 22.9 Å². The molecule has 5 fully saturated rings. The Labute approximate surface area is 499 Å². The topological polar surface area (TPSA) is 201 Å². The summed E-state index contributed by atoms with van der Waals surface area (Å²) in [6.07, 6.45) is 22.6. The largest absolute Gasteiger partial charge is 0.379 e. The van der Waals surface area contributed by atoms with Crippen molar-refractivity contribution in [2.75, 3.05) is 92.1 Å². The van der Waals surface area contributed by atoms with Crippen molar-refractivity contribution in [1.29, 1.82) is 0 Å². The third-order valence-electron chi connectivity index (χ3n) is 16.9. The molecule has 0 amide bonds. The second kappa shape index (κ2) is 26.3. The van der Waals surface area contributed by atoms with E-state index in [9.17, 15) is 16.8 Å². The summed E-state index contributed by atoms with van der Waals surface area (Å²) in [4.78, 5) is 14.7. The minimum atomic E-state index is -3.86. The number of nitrogens with zero attached hydrogens (tertiary/aromatic N) is 10. The van der Waals surface area contributed by atoms with Gasteiger partial charge in [-0.3, -0.25) is 19.2 Å². The molecular formula is C63H80N10O10S2. The molecule has 22 heteroatoms. The van der Waals surface area contributed by atoms with Crippen LogP contribution in [0.25, 0.3) is 49.9 Å². The average Bonchev–Trinajstić information content (AvgIpc) is 2.83. The highest BCUT2D eigenvalue weighted by Crippen LogP contribution is 2.44. The van der Waals surface area contributed by atoms with Gasteiger partial charge in [0.05, 0.1) is 88.1 Å². The fourth-order valence-corrected chi connectivity index (χ4v) is 14.9. The Bertz CT molecular complexity index is 3790. The molecule has 1 saturated carbocycles. The molecule has 4 aliphatic heterocycles. The summed E-state index contributed by atoms with van der Waals surface area (Å²) in [5.74, 6) is -0.625. The minimum absolute atomic E-state index is 0. The zero-order valence-electron chi connectivity index (χ0n) is 45.8. The van der Waals surface area contributed by atoms with Gasteiger partial charge in [-0.2, -0.15) is 10.2 Å². The lowest BCUT2D eigenvalue weighted by Crippen LogP contribution is -2.38. The average molecular weight is 1200 g/mol. The first-order chi connectivity index (χ1) is 40.0. The van der Waals surface area contributed by atoms with Crippen LogP contribution >= 0.6 is 0 Å². The van der Waals surface area contributed by atoms with E-state index in [0.717, 1.165) is 167 Å². The first kappa shape index (κ1) is 61.6. The minimum Gasteiger partial charge on any atom is -0.379 e. The molecule has 6 aromatic heterocycles. The van der Waals surface area contributed by atoms with Crippen LogP contribution in [0.1, 0.15) is 84.3 Å². The number of aromatic nitrogens is 8. The van der Waals surface area contributed by atoms with Crippen molar-refractivity contribution < 1.29 is 45.3 Å². The maximum absolute atomic E-state index is 13.8. The molecule has 0 N–H and O–H groups in total. The standard InChI is InChI=1S/C30H35N5O5S.C30H33N5O5S.3CH4/c2*36-41(37,26-4-2-1-3-5-26)35-22-28(25-20-32-34(21-25)11-10-33-12-14-38-15-13-33)27-18-24(19-31-29(27)35)23-6-8-30(9-7-23)39-16-17-40-30;;;/h1-5,18-23H,6-17H2;1-6,18-22H,7-17H2;3*1H4. The second-order valence-corrected chi connectivity index (χ2v) is 25.5. The number of hydrogen-bond acceptors (Lipinski definition) is 16. The Balaban J connectivity index is 0.000000183. The maximum atomic E-state index is 13.8. The van der Waals surface area contributed by atoms with Crippen LogP contribution in [-0.2, 0) is 61.6 Å². The van der Waals surface area contributed by atoms with Gasteiger partial charge in [0, 0.05) is 135 Å². The summed E-state index contributed by atoms with van der Waals surface area (Å²) < 4.78 is 96.0. The second-order valence-electron chi connectivity index (χ2n) is 21.9. The molecule has 85 heavy (non-hydrogen) atoms. The highest BCUT2D eigenvalue weighted by atomic mass is 32.2. The fourth-order valence-electron chi connectivity index (χ4n) is 12.2. The maximum Gasteiger partial charge on any atom is 0.269 e. The van der Waals surface area contributed by atoms with E-state index in [1.807, 2.05) is 40.2 Å². The van der Waals surface area contributed by atoms with Gasteiger partial charge < -0.3 is 28.4 Å². The van der Waals surface area contributed by atoms with Crippen molar-refractivity contribution in [3.05, 3.63) is 140 Å². The summed E-state index contributed by atoms with van der Waals surface area (Å²) in [6.45, 7) is 12.5. The predicted octanol–water partition coefficient (Wildman–Crippen LogP) is 9.56. The normalized spacial score (nSPS) is 19.3. The van der Waals surface area contributed by atoms with E-state index in [1.165, 1.54) is 7.94 Å². The van der Waals surface area contributed by atoms with E-state index < -0.39 is 31.6 Å². The van der Waals surface area contributed by atoms with Gasteiger partial charge in [0.2, 0.25) is 0 Å². The van der Waals surface area contributed by atoms with Crippen molar-refractivity contribution in [2.24, 2.45) is 0 Å². The van der Waals surface area contributed by atoms with Crippen LogP contribution in [-0.4, -0.2) is 168 Å². The Morgan fingerprint density at radius 3 is 1.46 bits per heavy atom. The molecule has 10 heterocycles. The van der Waals surface area contributed by atoms with Crippen molar-refractivity contribution in [3.8, 4) is 22.3 Å². The lowest BCUT2D eigenvalue weighted by molar-refractivity contribution is -0.178. The first-order valence-corrected chi connectivity index (χ1v) is 31.4. The van der Waals surface area contributed by atoms with Crippen molar-refractivity contribution in [3.63, 3.8) is 0 Å². The quantitative estimate of drug-likeness (QED) is 0.0995. The van der Waals surface area contributed by atoms with Crippen LogP contribution < -0.4 is 0 Å². The SMILES string of the molecule is C.C.C.O=S(=O)(c1ccccc1)n1cc(-c2cnn(CCN3CCOCC3)c2)c2cc(C3=CCC4(CC3)OCCO4)cnc21.O=S(=O)(c1ccccc1)n1cc(-c2cnn(CCN3CCOCC3)c2)c2cc(C3CCC4(CC3)OCCO4)cnc21. The van der Waals surface area contributed by atoms with E-state index in [2.05, 4.69) is 38.2 Å². The van der Waals surface area contributed by atoms with Crippen molar-refractivity contribution in [1.82, 2.24) is 47.3 Å². The summed E-state index contributed by atoms with van der Waals surface area (Å²) in [5, 5.41) is 10.8. The summed E-state index contributed by atoms with van der Waals surface area (Å²) in [5.41, 5.74) is 7.36. The molecule has 8 aromatic rings. The van der Waals surface area contributed by atoms with Gasteiger partial charge >= 0.3 is 0 Å². The van der Waals surface area contributed by atoms with E-state index in [1.54, 1.807) is 79.4 Å². The van der Waals surface area contributed by atoms with Crippen molar-refractivity contribution >= 4 is 47.7 Å². The first-order valence-electron chi connectivity index (χ1n) is 28.6. The van der Waals surface area contributed by atoms with Gasteiger partial charge in [-0.1, -0.05) is 64.8 Å². The van der Waals surface area contributed by atoms with Gasteiger partial charge in [0.25, 0.3) is 20.0 Å². The highest BCUT2D eigenvalue weighted by Gasteiger charge is 2.41. The Morgan fingerprint density at radius 1 is 0.506 bits per heavy atom. The summed E-state index contributed by atoms with van der Waals surface area (Å²) in [7, 11) is -7.71. The Morgan fingerprint density at radius 2 is 0.976 bits per heavy atom. The van der Waals surface area contributed by atoms with E-state index in [4.69, 9.17) is 38.4 Å². The van der Waals surface area contributed by atoms with Crippen LogP contribution in [0.2, 0.25) is 0 Å². The molecule has 0 atom stereocenters. The lowest BCUT2D eigenvalue weighted by Gasteiger charge is -2.35. The predicted molar refractivity (Wildman–Crippen MR) is 327 cm³/mol. The number of hydrogen-bond donors (Lipinski definition) is 0. The van der Waals surface area contributed by atoms with E-state index in [-0.39, 0.29) is 32.1 Å². The monoisotopic (exact) mass is 1200 g/mol. The number of fused-ring (bicyclic) bond motifs is 2. The number of ether oxygens (including phenoxy) is 6. The molecule has 14 rings (SSSR count). The van der Waals surface area contributed by atoms with Gasteiger partial charge in [-0.05, 0) is 78.3 Å². The van der Waals surface area contributed by atoms with Gasteiger partial charge in [-0.25, -0.2) is 34.7 Å². The number of rotatable bonds is 14. The number of allylic oxidation sites excluding steroid dienone is 1. The zero-order chi connectivity index (χ0) is 55.7. The van der Waals surface area contributed by atoms with Crippen LogP contribution in [0, 0.1) is 0 Å². The molecule has 2 aromatic carbocycles. The van der Waals surface area contributed by atoms with Crippen LogP contribution in [0.3, 0.4) is 0 Å². The lowest BCUT2D eigenvalue weighted by atomic mass is 9.81.